The minimum atomic E-state index is 0.343. The molecule has 1 aromatic carbocycles. The van der Waals surface area contributed by atoms with Gasteiger partial charge in [-0.3, -0.25) is 0 Å². The molecule has 4 heteroatoms. The number of hydrogen-bond donors (Lipinski definition) is 1. The third kappa shape index (κ3) is 3.69. The molecule has 19 heavy (non-hydrogen) atoms. The zero-order chi connectivity index (χ0) is 12.9. The van der Waals surface area contributed by atoms with E-state index in [9.17, 15) is 0 Å². The van der Waals surface area contributed by atoms with Crippen LogP contribution in [0.1, 0.15) is 5.56 Å². The Morgan fingerprint density at radius 1 is 1.16 bits per heavy atom. The minimum absolute atomic E-state index is 0.343. The normalized spacial score (nSPS) is 16.9. The van der Waals surface area contributed by atoms with E-state index in [-0.39, 0.29) is 0 Å². The second kappa shape index (κ2) is 5.71. The molecule has 1 fully saturated rings. The molecule has 1 aliphatic heterocycles. The first-order chi connectivity index (χ1) is 9.40. The Hall–Kier alpha value is -2.07. The summed E-state index contributed by atoms with van der Waals surface area (Å²) >= 11 is 0. The van der Waals surface area contributed by atoms with E-state index in [1.165, 1.54) is 0 Å². The summed E-state index contributed by atoms with van der Waals surface area (Å²) in [7, 11) is 0. The number of ether oxygens (including phenoxy) is 2. The molecule has 0 unspecified atom stereocenters. The molecule has 1 aliphatic rings. The Morgan fingerprint density at radius 3 is 2.79 bits per heavy atom. The first-order valence-corrected chi connectivity index (χ1v) is 6.39. The van der Waals surface area contributed by atoms with Gasteiger partial charge in [0.2, 0.25) is 5.88 Å². The van der Waals surface area contributed by atoms with Crippen molar-refractivity contribution in [1.29, 1.82) is 0 Å². The van der Waals surface area contributed by atoms with Crippen molar-refractivity contribution in [3.8, 4) is 5.88 Å². The molecule has 1 atom stereocenters. The Balaban J connectivity index is 1.56. The fourth-order valence-corrected chi connectivity index (χ4v) is 1.73. The molecule has 0 saturated carbocycles. The molecule has 4 nitrogen and oxygen atoms in total. The third-order valence-electron chi connectivity index (χ3n) is 2.87. The predicted molar refractivity (Wildman–Crippen MR) is 73.2 cm³/mol. The lowest BCUT2D eigenvalue weighted by Crippen LogP contribution is -2.09. The maximum atomic E-state index is 5.67. The van der Waals surface area contributed by atoms with Gasteiger partial charge < -0.3 is 14.8 Å². The lowest BCUT2D eigenvalue weighted by molar-refractivity contribution is 0.294. The molecule has 1 saturated heterocycles. The first-order valence-electron chi connectivity index (χ1n) is 6.39. The van der Waals surface area contributed by atoms with Gasteiger partial charge in [-0.1, -0.05) is 36.4 Å². The van der Waals surface area contributed by atoms with Crippen LogP contribution in [0.3, 0.4) is 0 Å². The molecule has 1 N–H and O–H groups in total. The standard InChI is InChI=1S/C15H16N2O2/c1-2-5-12(6-3-1)10-19-15-8-4-7-14(17-15)16-9-13-11-18-13/h1-8,13H,9-11H2,(H,16,17)/t13-/m0/s1. The zero-order valence-corrected chi connectivity index (χ0v) is 10.6. The van der Waals surface area contributed by atoms with Gasteiger partial charge in [0.15, 0.2) is 0 Å². The minimum Gasteiger partial charge on any atom is -0.473 e. The third-order valence-corrected chi connectivity index (χ3v) is 2.87. The molecule has 0 aliphatic carbocycles. The summed E-state index contributed by atoms with van der Waals surface area (Å²) in [4.78, 5) is 4.40. The summed E-state index contributed by atoms with van der Waals surface area (Å²) in [5, 5.41) is 3.23. The fraction of sp³-hybridized carbons (Fsp3) is 0.267. The molecule has 98 valence electrons. The lowest BCUT2D eigenvalue weighted by atomic mass is 10.2. The Morgan fingerprint density at radius 2 is 2.00 bits per heavy atom. The van der Waals surface area contributed by atoms with E-state index in [2.05, 4.69) is 10.3 Å². The second-order valence-corrected chi connectivity index (χ2v) is 4.47. The van der Waals surface area contributed by atoms with Gasteiger partial charge in [-0.2, -0.15) is 4.98 Å². The van der Waals surface area contributed by atoms with Crippen molar-refractivity contribution >= 4 is 5.82 Å². The van der Waals surface area contributed by atoms with Gasteiger partial charge in [0.1, 0.15) is 12.4 Å². The van der Waals surface area contributed by atoms with Crippen molar-refractivity contribution in [2.75, 3.05) is 18.5 Å². The molecule has 0 radical (unpaired) electrons. The van der Waals surface area contributed by atoms with Crippen LogP contribution in [0.25, 0.3) is 0 Å². The number of epoxide rings is 1. The van der Waals surface area contributed by atoms with Gasteiger partial charge in [-0.25, -0.2) is 0 Å². The van der Waals surface area contributed by atoms with E-state index in [0.29, 0.717) is 18.6 Å². The van der Waals surface area contributed by atoms with E-state index >= 15 is 0 Å². The van der Waals surface area contributed by atoms with Crippen LogP contribution in [0.5, 0.6) is 5.88 Å². The number of benzene rings is 1. The van der Waals surface area contributed by atoms with Crippen LogP contribution in [-0.4, -0.2) is 24.2 Å². The summed E-state index contributed by atoms with van der Waals surface area (Å²) in [6, 6.07) is 15.8. The molecule has 0 bridgehead atoms. The van der Waals surface area contributed by atoms with Crippen LogP contribution in [0.15, 0.2) is 48.5 Å². The van der Waals surface area contributed by atoms with Gasteiger partial charge in [0.25, 0.3) is 0 Å². The summed E-state index contributed by atoms with van der Waals surface area (Å²) in [6.07, 6.45) is 0.343. The number of hydrogen-bond acceptors (Lipinski definition) is 4. The number of aromatic nitrogens is 1. The molecule has 1 aromatic heterocycles. The van der Waals surface area contributed by atoms with E-state index in [1.54, 1.807) is 0 Å². The van der Waals surface area contributed by atoms with E-state index in [0.717, 1.165) is 24.5 Å². The number of nitrogens with zero attached hydrogens (tertiary/aromatic N) is 1. The average molecular weight is 256 g/mol. The van der Waals surface area contributed by atoms with Crippen LogP contribution < -0.4 is 10.1 Å². The number of nitrogens with one attached hydrogen (secondary N) is 1. The smallest absolute Gasteiger partial charge is 0.215 e. The largest absolute Gasteiger partial charge is 0.473 e. The molecule has 3 rings (SSSR count). The van der Waals surface area contributed by atoms with Crippen LogP contribution in [0.4, 0.5) is 5.82 Å². The summed E-state index contributed by atoms with van der Waals surface area (Å²) in [5.41, 5.74) is 1.13. The highest BCUT2D eigenvalue weighted by molar-refractivity contribution is 5.37. The topological polar surface area (TPSA) is 46.7 Å². The van der Waals surface area contributed by atoms with Crippen molar-refractivity contribution in [3.05, 3.63) is 54.1 Å². The van der Waals surface area contributed by atoms with Crippen LogP contribution >= 0.6 is 0 Å². The predicted octanol–water partition coefficient (Wildman–Crippen LogP) is 2.47. The van der Waals surface area contributed by atoms with E-state index < -0.39 is 0 Å². The Bertz CT molecular complexity index is 527. The number of anilines is 1. The van der Waals surface area contributed by atoms with Crippen molar-refractivity contribution < 1.29 is 9.47 Å². The highest BCUT2D eigenvalue weighted by Crippen LogP contribution is 2.15. The maximum absolute atomic E-state index is 5.67. The highest BCUT2D eigenvalue weighted by Gasteiger charge is 2.21. The van der Waals surface area contributed by atoms with Crippen LogP contribution in [0.2, 0.25) is 0 Å². The van der Waals surface area contributed by atoms with Crippen molar-refractivity contribution in [1.82, 2.24) is 4.98 Å². The van der Waals surface area contributed by atoms with Gasteiger partial charge in [0.05, 0.1) is 12.7 Å². The molecule has 2 heterocycles. The molecular formula is C15H16N2O2. The van der Waals surface area contributed by atoms with Gasteiger partial charge in [-0.15, -0.1) is 0 Å². The van der Waals surface area contributed by atoms with Crippen LogP contribution in [-0.2, 0) is 11.3 Å². The Kier molecular flexibility index (Phi) is 3.61. The van der Waals surface area contributed by atoms with E-state index in [4.69, 9.17) is 9.47 Å². The first kappa shape index (κ1) is 12.0. The summed E-state index contributed by atoms with van der Waals surface area (Å²) < 4.78 is 10.8. The lowest BCUT2D eigenvalue weighted by Gasteiger charge is -2.08. The maximum Gasteiger partial charge on any atom is 0.215 e. The molecular weight excluding hydrogens is 240 g/mol. The summed E-state index contributed by atoms with van der Waals surface area (Å²) in [5.74, 6) is 1.45. The quantitative estimate of drug-likeness (QED) is 0.806. The number of pyridine rings is 1. The van der Waals surface area contributed by atoms with Crippen molar-refractivity contribution in [3.63, 3.8) is 0 Å². The molecule has 2 aromatic rings. The average Bonchev–Trinajstić information content (AvgIpc) is 3.29. The monoisotopic (exact) mass is 256 g/mol. The van der Waals surface area contributed by atoms with Gasteiger partial charge in [0, 0.05) is 12.6 Å². The summed E-state index contributed by atoms with van der Waals surface area (Å²) in [6.45, 7) is 2.18. The molecule has 0 amide bonds. The van der Waals surface area contributed by atoms with Gasteiger partial charge >= 0.3 is 0 Å². The fourth-order valence-electron chi connectivity index (χ4n) is 1.73. The number of rotatable bonds is 6. The van der Waals surface area contributed by atoms with Crippen LogP contribution in [0, 0.1) is 0 Å². The van der Waals surface area contributed by atoms with Gasteiger partial charge in [-0.05, 0) is 11.6 Å². The highest BCUT2D eigenvalue weighted by atomic mass is 16.6. The SMILES string of the molecule is c1ccc(COc2cccc(NC[C@H]3CO3)n2)cc1. The van der Waals surface area contributed by atoms with E-state index in [1.807, 2.05) is 48.5 Å². The molecule has 0 spiro atoms. The van der Waals surface area contributed by atoms with Crippen molar-refractivity contribution in [2.45, 2.75) is 12.7 Å². The zero-order valence-electron chi connectivity index (χ0n) is 10.6. The second-order valence-electron chi connectivity index (χ2n) is 4.47. The Labute approximate surface area is 112 Å². The van der Waals surface area contributed by atoms with Crippen molar-refractivity contribution in [2.24, 2.45) is 0 Å².